The molecule has 7 heteroatoms. The van der Waals surface area contributed by atoms with Gasteiger partial charge in [-0.25, -0.2) is 9.48 Å². The highest BCUT2D eigenvalue weighted by Gasteiger charge is 2.40. The summed E-state index contributed by atoms with van der Waals surface area (Å²) in [6, 6.07) is 7.22. The Kier molecular flexibility index (Phi) is 4.21. The number of hydrogen-bond donors (Lipinski definition) is 1. The number of carboxylic acids is 1. The number of hydrogen-bond acceptors (Lipinski definition) is 5. The zero-order chi connectivity index (χ0) is 15.5. The molecule has 0 aliphatic rings. The topological polar surface area (TPSA) is 90.1 Å². The first-order valence-corrected chi connectivity index (χ1v) is 6.75. The van der Waals surface area contributed by atoms with Crippen LogP contribution in [0.5, 0.6) is 5.75 Å². The molecule has 7 nitrogen and oxygen atoms in total. The number of rotatable bonds is 6. The molecule has 0 aliphatic heterocycles. The van der Waals surface area contributed by atoms with Crippen LogP contribution in [0.25, 0.3) is 11.4 Å². The van der Waals surface area contributed by atoms with E-state index in [0.29, 0.717) is 30.0 Å². The standard InChI is InChI=1S/C14H18N4O3/c1-4-14(5-2,13(19)20)18-12(15-16-17-18)10-7-6-8-11(9-10)21-3/h6-9H,4-5H2,1-3H3,(H,19,20). The lowest BCUT2D eigenvalue weighted by Crippen LogP contribution is -2.42. The number of tetrazole rings is 1. The fourth-order valence-corrected chi connectivity index (χ4v) is 2.36. The summed E-state index contributed by atoms with van der Waals surface area (Å²) in [7, 11) is 1.57. The first kappa shape index (κ1) is 15.0. The third kappa shape index (κ3) is 2.46. The number of ether oxygens (including phenoxy) is 1. The third-order valence-electron chi connectivity index (χ3n) is 3.77. The van der Waals surface area contributed by atoms with Crippen molar-refractivity contribution in [2.24, 2.45) is 0 Å². The minimum Gasteiger partial charge on any atom is -0.497 e. The minimum absolute atomic E-state index is 0.390. The van der Waals surface area contributed by atoms with E-state index in [1.165, 1.54) is 4.68 Å². The summed E-state index contributed by atoms with van der Waals surface area (Å²) in [5.74, 6) is 0.139. The third-order valence-corrected chi connectivity index (χ3v) is 3.77. The molecule has 0 unspecified atom stereocenters. The zero-order valence-electron chi connectivity index (χ0n) is 12.3. The molecule has 0 fully saturated rings. The molecule has 0 aliphatic carbocycles. The van der Waals surface area contributed by atoms with Crippen molar-refractivity contribution in [1.29, 1.82) is 0 Å². The van der Waals surface area contributed by atoms with E-state index in [2.05, 4.69) is 15.5 Å². The van der Waals surface area contributed by atoms with E-state index in [1.807, 2.05) is 32.0 Å². The van der Waals surface area contributed by atoms with Crippen LogP contribution in [0.4, 0.5) is 0 Å². The van der Waals surface area contributed by atoms with Crippen molar-refractivity contribution in [3.63, 3.8) is 0 Å². The Labute approximate surface area is 122 Å². The summed E-state index contributed by atoms with van der Waals surface area (Å²) in [6.45, 7) is 3.63. The van der Waals surface area contributed by atoms with Crippen LogP contribution in [-0.4, -0.2) is 38.4 Å². The molecule has 2 rings (SSSR count). The molecule has 2 aromatic rings. The average molecular weight is 290 g/mol. The summed E-state index contributed by atoms with van der Waals surface area (Å²) in [4.78, 5) is 11.7. The molecule has 0 saturated carbocycles. The zero-order valence-corrected chi connectivity index (χ0v) is 12.3. The van der Waals surface area contributed by atoms with Crippen LogP contribution >= 0.6 is 0 Å². The van der Waals surface area contributed by atoms with Crippen molar-refractivity contribution >= 4 is 5.97 Å². The maximum absolute atomic E-state index is 11.7. The van der Waals surface area contributed by atoms with Gasteiger partial charge in [0, 0.05) is 5.56 Å². The van der Waals surface area contributed by atoms with Crippen LogP contribution in [0, 0.1) is 0 Å². The van der Waals surface area contributed by atoms with Gasteiger partial charge in [0.2, 0.25) is 0 Å². The minimum atomic E-state index is -1.15. The van der Waals surface area contributed by atoms with Crippen molar-refractivity contribution in [2.75, 3.05) is 7.11 Å². The quantitative estimate of drug-likeness (QED) is 0.874. The summed E-state index contributed by atoms with van der Waals surface area (Å²) < 4.78 is 6.58. The van der Waals surface area contributed by atoms with Gasteiger partial charge in [0.15, 0.2) is 11.4 Å². The molecule has 0 atom stereocenters. The molecule has 21 heavy (non-hydrogen) atoms. The van der Waals surface area contributed by atoms with Crippen LogP contribution < -0.4 is 4.74 Å². The number of aromatic nitrogens is 4. The van der Waals surface area contributed by atoms with Gasteiger partial charge in [-0.15, -0.1) is 5.10 Å². The van der Waals surface area contributed by atoms with Crippen molar-refractivity contribution in [1.82, 2.24) is 20.2 Å². The Balaban J connectivity index is 2.58. The summed E-state index contributed by atoms with van der Waals surface area (Å²) >= 11 is 0. The van der Waals surface area contributed by atoms with Gasteiger partial charge < -0.3 is 9.84 Å². The molecule has 0 bridgehead atoms. The van der Waals surface area contributed by atoms with Crippen LogP contribution in [-0.2, 0) is 10.3 Å². The molecule has 1 heterocycles. The highest BCUT2D eigenvalue weighted by atomic mass is 16.5. The van der Waals surface area contributed by atoms with Crippen LogP contribution in [0.1, 0.15) is 26.7 Å². The Bertz CT molecular complexity index is 635. The van der Waals surface area contributed by atoms with Crippen molar-refractivity contribution in [3.05, 3.63) is 24.3 Å². The molecule has 0 saturated heterocycles. The normalized spacial score (nSPS) is 11.4. The fraction of sp³-hybridized carbons (Fsp3) is 0.429. The average Bonchev–Trinajstić information content (AvgIpc) is 2.99. The van der Waals surface area contributed by atoms with E-state index in [1.54, 1.807) is 13.2 Å². The molecule has 112 valence electrons. The van der Waals surface area contributed by atoms with Crippen LogP contribution in [0.3, 0.4) is 0 Å². The summed E-state index contributed by atoms with van der Waals surface area (Å²) in [5, 5.41) is 21.2. The molecule has 1 aromatic carbocycles. The molecule has 0 radical (unpaired) electrons. The second kappa shape index (κ2) is 5.90. The number of nitrogens with zero attached hydrogens (tertiary/aromatic N) is 4. The number of methoxy groups -OCH3 is 1. The highest BCUT2D eigenvalue weighted by molar-refractivity contribution is 5.77. The van der Waals surface area contributed by atoms with Crippen molar-refractivity contribution in [3.8, 4) is 17.1 Å². The Morgan fingerprint density at radius 3 is 2.67 bits per heavy atom. The maximum atomic E-state index is 11.7. The molecule has 0 amide bonds. The highest BCUT2D eigenvalue weighted by Crippen LogP contribution is 2.30. The van der Waals surface area contributed by atoms with E-state index in [-0.39, 0.29) is 0 Å². The lowest BCUT2D eigenvalue weighted by Gasteiger charge is -2.27. The van der Waals surface area contributed by atoms with Gasteiger partial charge in [0.1, 0.15) is 5.75 Å². The fourth-order valence-electron chi connectivity index (χ4n) is 2.36. The predicted octanol–water partition coefficient (Wildman–Crippen LogP) is 1.95. The molecule has 0 spiro atoms. The number of benzene rings is 1. The summed E-state index contributed by atoms with van der Waals surface area (Å²) in [5.41, 5.74) is -0.436. The Hall–Kier alpha value is -2.44. The van der Waals surface area contributed by atoms with E-state index < -0.39 is 11.5 Å². The number of carbonyl (C=O) groups is 1. The van der Waals surface area contributed by atoms with Gasteiger partial charge in [-0.1, -0.05) is 26.0 Å². The van der Waals surface area contributed by atoms with E-state index >= 15 is 0 Å². The lowest BCUT2D eigenvalue weighted by molar-refractivity contribution is -0.148. The smallest absolute Gasteiger partial charge is 0.331 e. The van der Waals surface area contributed by atoms with E-state index in [0.717, 1.165) is 0 Å². The molecular formula is C14H18N4O3. The Morgan fingerprint density at radius 1 is 1.38 bits per heavy atom. The number of aliphatic carboxylic acids is 1. The van der Waals surface area contributed by atoms with Gasteiger partial charge >= 0.3 is 5.97 Å². The van der Waals surface area contributed by atoms with Crippen molar-refractivity contribution < 1.29 is 14.6 Å². The first-order chi connectivity index (χ1) is 10.1. The number of carboxylic acid groups (broad SMARTS) is 1. The van der Waals surface area contributed by atoms with Gasteiger partial charge in [0.05, 0.1) is 7.11 Å². The SMILES string of the molecule is CCC(CC)(C(=O)O)n1nnnc1-c1cccc(OC)c1. The predicted molar refractivity (Wildman–Crippen MR) is 76.0 cm³/mol. The molecular weight excluding hydrogens is 272 g/mol. The van der Waals surface area contributed by atoms with Gasteiger partial charge in [-0.3, -0.25) is 0 Å². The molecule has 1 N–H and O–H groups in total. The largest absolute Gasteiger partial charge is 0.497 e. The van der Waals surface area contributed by atoms with E-state index in [4.69, 9.17) is 4.74 Å². The van der Waals surface area contributed by atoms with Crippen LogP contribution in [0.2, 0.25) is 0 Å². The monoisotopic (exact) mass is 290 g/mol. The Morgan fingerprint density at radius 2 is 2.10 bits per heavy atom. The second-order valence-electron chi connectivity index (χ2n) is 4.69. The van der Waals surface area contributed by atoms with Gasteiger partial charge in [0.25, 0.3) is 0 Å². The van der Waals surface area contributed by atoms with E-state index in [9.17, 15) is 9.90 Å². The van der Waals surface area contributed by atoms with Gasteiger partial charge in [-0.05, 0) is 35.4 Å². The molecule has 1 aromatic heterocycles. The van der Waals surface area contributed by atoms with Crippen molar-refractivity contribution in [2.45, 2.75) is 32.2 Å². The second-order valence-corrected chi connectivity index (χ2v) is 4.69. The maximum Gasteiger partial charge on any atom is 0.331 e. The first-order valence-electron chi connectivity index (χ1n) is 6.75. The van der Waals surface area contributed by atoms with Crippen LogP contribution in [0.15, 0.2) is 24.3 Å². The lowest BCUT2D eigenvalue weighted by atomic mass is 9.92. The van der Waals surface area contributed by atoms with Gasteiger partial charge in [-0.2, -0.15) is 0 Å². The summed E-state index contributed by atoms with van der Waals surface area (Å²) in [6.07, 6.45) is 0.779.